The van der Waals surface area contributed by atoms with Crippen molar-refractivity contribution in [3.8, 4) is 5.75 Å². The van der Waals surface area contributed by atoms with Gasteiger partial charge in [-0.15, -0.1) is 0 Å². The van der Waals surface area contributed by atoms with Crippen LogP contribution in [-0.2, 0) is 9.53 Å². The van der Waals surface area contributed by atoms with Crippen molar-refractivity contribution in [1.82, 2.24) is 10.3 Å². The number of hydrogen-bond donors (Lipinski definition) is 2. The van der Waals surface area contributed by atoms with E-state index >= 15 is 0 Å². The zero-order valence-corrected chi connectivity index (χ0v) is 16.7. The van der Waals surface area contributed by atoms with Crippen molar-refractivity contribution in [2.75, 3.05) is 5.32 Å². The fourth-order valence-electron chi connectivity index (χ4n) is 2.66. The smallest absolute Gasteiger partial charge is 0.408 e. The second-order valence-corrected chi connectivity index (χ2v) is 7.91. The highest BCUT2D eigenvalue weighted by atomic mass is 79.9. The minimum atomic E-state index is -0.980. The van der Waals surface area contributed by atoms with Crippen LogP contribution in [0.4, 0.5) is 10.5 Å². The van der Waals surface area contributed by atoms with Gasteiger partial charge in [0, 0.05) is 6.20 Å². The molecule has 0 radical (unpaired) electrons. The number of pyridine rings is 1. The van der Waals surface area contributed by atoms with Gasteiger partial charge in [0.2, 0.25) is 6.10 Å². The van der Waals surface area contributed by atoms with Crippen molar-refractivity contribution in [3.63, 3.8) is 0 Å². The normalized spacial score (nSPS) is 17.2. The van der Waals surface area contributed by atoms with E-state index in [-0.39, 0.29) is 5.91 Å². The lowest BCUT2D eigenvalue weighted by Gasteiger charge is -2.33. The number of rotatable bonds is 3. The van der Waals surface area contributed by atoms with E-state index in [0.717, 1.165) is 5.56 Å². The summed E-state index contributed by atoms with van der Waals surface area (Å²) in [5.74, 6) is 0.0776. The lowest BCUT2D eigenvalue weighted by molar-refractivity contribution is -0.124. The number of amides is 2. The first-order chi connectivity index (χ1) is 12.7. The first kappa shape index (κ1) is 19.2. The Morgan fingerprint density at radius 2 is 2.00 bits per heavy atom. The van der Waals surface area contributed by atoms with Crippen molar-refractivity contribution in [2.45, 2.75) is 38.5 Å². The zero-order valence-electron chi connectivity index (χ0n) is 15.2. The molecule has 2 N–H and O–H groups in total. The molecule has 2 heterocycles. The van der Waals surface area contributed by atoms with E-state index in [1.54, 1.807) is 27.0 Å². The molecule has 7 nitrogen and oxygen atoms in total. The van der Waals surface area contributed by atoms with Crippen LogP contribution in [0.1, 0.15) is 32.4 Å². The first-order valence-electron chi connectivity index (χ1n) is 8.40. The van der Waals surface area contributed by atoms with Crippen molar-refractivity contribution < 1.29 is 19.1 Å². The Kier molecular flexibility index (Phi) is 5.36. The van der Waals surface area contributed by atoms with Crippen LogP contribution in [0.25, 0.3) is 0 Å². The van der Waals surface area contributed by atoms with E-state index in [0.29, 0.717) is 15.9 Å². The molecular formula is C19H20BrN3O4. The first-order valence-corrected chi connectivity index (χ1v) is 9.19. The number of alkyl carbamates (subject to hydrolysis) is 1. The number of hydrogen-bond acceptors (Lipinski definition) is 5. The van der Waals surface area contributed by atoms with Gasteiger partial charge in [0.05, 0.1) is 10.7 Å². The Labute approximate surface area is 165 Å². The van der Waals surface area contributed by atoms with Gasteiger partial charge < -0.3 is 20.1 Å². The van der Waals surface area contributed by atoms with E-state index in [4.69, 9.17) is 9.47 Å². The maximum Gasteiger partial charge on any atom is 0.408 e. The Morgan fingerprint density at radius 1 is 1.30 bits per heavy atom. The topological polar surface area (TPSA) is 89.6 Å². The van der Waals surface area contributed by atoms with Gasteiger partial charge in [0.1, 0.15) is 17.3 Å². The number of carbonyl (C=O) groups is 2. The second-order valence-electron chi connectivity index (χ2n) is 7.06. The fourth-order valence-corrected chi connectivity index (χ4v) is 3.09. The monoisotopic (exact) mass is 433 g/mol. The van der Waals surface area contributed by atoms with Crippen LogP contribution < -0.4 is 15.4 Å². The van der Waals surface area contributed by atoms with Gasteiger partial charge in [-0.05, 0) is 42.3 Å². The zero-order chi connectivity index (χ0) is 19.6. The molecule has 1 aromatic carbocycles. The Morgan fingerprint density at radius 3 is 2.67 bits per heavy atom. The van der Waals surface area contributed by atoms with E-state index in [1.165, 1.54) is 6.20 Å². The number of nitrogens with one attached hydrogen (secondary N) is 2. The Hall–Kier alpha value is -2.61. The molecule has 1 aliphatic rings. The van der Waals surface area contributed by atoms with E-state index in [2.05, 4.69) is 31.5 Å². The van der Waals surface area contributed by atoms with E-state index < -0.39 is 23.8 Å². The largest absolute Gasteiger partial charge is 0.475 e. The van der Waals surface area contributed by atoms with Crippen LogP contribution in [-0.4, -0.2) is 28.7 Å². The summed E-state index contributed by atoms with van der Waals surface area (Å²) in [6, 6.07) is 8.40. The summed E-state index contributed by atoms with van der Waals surface area (Å²) in [6.45, 7) is 5.32. The number of carbonyl (C=O) groups excluding carboxylic acids is 2. The van der Waals surface area contributed by atoms with Gasteiger partial charge in [-0.1, -0.05) is 30.3 Å². The molecule has 3 rings (SSSR count). The highest BCUT2D eigenvalue weighted by Gasteiger charge is 2.38. The molecule has 27 heavy (non-hydrogen) atoms. The molecule has 0 spiro atoms. The maximum atomic E-state index is 12.7. The standard InChI is InChI=1S/C19H20BrN3O4/c1-19(2,3)27-18(25)23-14(11-7-5-4-6-8-11)16-17(24)22-13-10-21-9-12(20)15(13)26-16/h4-10,14,16H,1-3H3,(H,22,24)(H,23,25)/t14-,16+/m1/s1. The van der Waals surface area contributed by atoms with Crippen molar-refractivity contribution in [2.24, 2.45) is 0 Å². The van der Waals surface area contributed by atoms with Crippen LogP contribution in [0.2, 0.25) is 0 Å². The van der Waals surface area contributed by atoms with Gasteiger partial charge >= 0.3 is 6.09 Å². The van der Waals surface area contributed by atoms with E-state index in [1.807, 2.05) is 30.3 Å². The minimum absolute atomic E-state index is 0.382. The predicted octanol–water partition coefficient (Wildman–Crippen LogP) is 3.81. The van der Waals surface area contributed by atoms with Gasteiger partial charge in [-0.25, -0.2) is 4.79 Å². The molecule has 0 unspecified atom stereocenters. The second kappa shape index (κ2) is 7.56. The maximum absolute atomic E-state index is 12.7. The molecular weight excluding hydrogens is 414 g/mol. The number of halogens is 1. The van der Waals surface area contributed by atoms with Crippen LogP contribution in [0.15, 0.2) is 47.2 Å². The Balaban J connectivity index is 1.92. The summed E-state index contributed by atoms with van der Waals surface area (Å²) in [5, 5.41) is 5.54. The number of benzene rings is 1. The molecule has 0 saturated carbocycles. The number of anilines is 1. The summed E-state index contributed by atoms with van der Waals surface area (Å²) in [7, 11) is 0. The fraction of sp³-hybridized carbons (Fsp3) is 0.316. The minimum Gasteiger partial charge on any atom is -0.475 e. The summed E-state index contributed by atoms with van der Waals surface area (Å²) >= 11 is 3.37. The molecule has 0 aliphatic carbocycles. The SMILES string of the molecule is CC(C)(C)OC(=O)N[C@H](c1ccccc1)[C@@H]1Oc2c(Br)cncc2NC1=O. The average molecular weight is 434 g/mol. The van der Waals surface area contributed by atoms with Crippen LogP contribution in [0, 0.1) is 0 Å². The summed E-state index contributed by atoms with van der Waals surface area (Å²) < 4.78 is 11.9. The van der Waals surface area contributed by atoms with E-state index in [9.17, 15) is 9.59 Å². The molecule has 1 aromatic heterocycles. The molecule has 0 bridgehead atoms. The third-order valence-electron chi connectivity index (χ3n) is 3.75. The summed E-state index contributed by atoms with van der Waals surface area (Å²) in [5.41, 5.74) is 0.523. The molecule has 8 heteroatoms. The lowest BCUT2D eigenvalue weighted by Crippen LogP contribution is -2.48. The third kappa shape index (κ3) is 4.57. The molecule has 2 atom stereocenters. The average Bonchev–Trinajstić information content (AvgIpc) is 2.59. The summed E-state index contributed by atoms with van der Waals surface area (Å²) in [6.07, 6.45) is 1.47. The van der Waals surface area contributed by atoms with Gasteiger partial charge in [0.25, 0.3) is 5.91 Å². The molecule has 1 aliphatic heterocycles. The Bertz CT molecular complexity index is 852. The van der Waals surface area contributed by atoms with Crippen LogP contribution in [0.5, 0.6) is 5.75 Å². The number of aromatic nitrogens is 1. The molecule has 2 amide bonds. The number of nitrogens with zero attached hydrogens (tertiary/aromatic N) is 1. The molecule has 142 valence electrons. The molecule has 0 saturated heterocycles. The van der Waals surface area contributed by atoms with Crippen LogP contribution in [0.3, 0.4) is 0 Å². The molecule has 0 fully saturated rings. The highest BCUT2D eigenvalue weighted by molar-refractivity contribution is 9.10. The van der Waals surface area contributed by atoms with Gasteiger partial charge in [-0.2, -0.15) is 0 Å². The number of fused-ring (bicyclic) bond motifs is 1. The van der Waals surface area contributed by atoms with Crippen molar-refractivity contribution in [3.05, 3.63) is 52.8 Å². The quantitative estimate of drug-likeness (QED) is 0.767. The number of ether oxygens (including phenoxy) is 2. The molecule has 2 aromatic rings. The van der Waals surface area contributed by atoms with Crippen LogP contribution >= 0.6 is 15.9 Å². The van der Waals surface area contributed by atoms with Crippen molar-refractivity contribution >= 4 is 33.6 Å². The lowest BCUT2D eigenvalue weighted by atomic mass is 9.99. The van der Waals surface area contributed by atoms with Gasteiger partial charge in [0.15, 0.2) is 5.75 Å². The third-order valence-corrected chi connectivity index (χ3v) is 4.31. The van der Waals surface area contributed by atoms with Gasteiger partial charge in [-0.3, -0.25) is 9.78 Å². The highest BCUT2D eigenvalue weighted by Crippen LogP contribution is 2.38. The predicted molar refractivity (Wildman–Crippen MR) is 104 cm³/mol. The van der Waals surface area contributed by atoms with Crippen molar-refractivity contribution in [1.29, 1.82) is 0 Å². The summed E-state index contributed by atoms with van der Waals surface area (Å²) in [4.78, 5) is 29.1.